The fraction of sp³-hybridized carbons (Fsp3) is 0.241. The van der Waals surface area contributed by atoms with Crippen LogP contribution in [0.1, 0.15) is 35.3 Å². The Morgan fingerprint density at radius 1 is 0.857 bits per heavy atom. The second kappa shape index (κ2) is 11.4. The normalized spacial score (nSPS) is 10.8. The number of nitrogens with zero attached hydrogens (tertiary/aromatic N) is 1. The van der Waals surface area contributed by atoms with Crippen LogP contribution in [-0.4, -0.2) is 35.5 Å². The summed E-state index contributed by atoms with van der Waals surface area (Å²) < 4.78 is 11.1. The molecule has 0 radical (unpaired) electrons. The number of ether oxygens (including phenoxy) is 2. The summed E-state index contributed by atoms with van der Waals surface area (Å²) in [7, 11) is 0. The zero-order valence-electron chi connectivity index (χ0n) is 20.1. The van der Waals surface area contributed by atoms with Gasteiger partial charge in [0.2, 0.25) is 0 Å². The van der Waals surface area contributed by atoms with Crippen molar-refractivity contribution in [2.45, 2.75) is 26.8 Å². The molecule has 35 heavy (non-hydrogen) atoms. The van der Waals surface area contributed by atoms with Crippen LogP contribution >= 0.6 is 0 Å². The summed E-state index contributed by atoms with van der Waals surface area (Å²) in [6.07, 6.45) is 0.684. The summed E-state index contributed by atoms with van der Waals surface area (Å²) in [4.78, 5) is 31.1. The van der Waals surface area contributed by atoms with Gasteiger partial charge in [0.1, 0.15) is 11.5 Å². The van der Waals surface area contributed by atoms with E-state index in [2.05, 4.69) is 4.98 Å². The van der Waals surface area contributed by atoms with Gasteiger partial charge in [-0.05, 0) is 74.4 Å². The zero-order chi connectivity index (χ0) is 24.6. The first-order chi connectivity index (χ1) is 17.1. The van der Waals surface area contributed by atoms with E-state index in [0.29, 0.717) is 37.3 Å². The summed E-state index contributed by atoms with van der Waals surface area (Å²) in [6.45, 7) is 5.65. The van der Waals surface area contributed by atoms with E-state index in [1.807, 2.05) is 68.4 Å². The number of H-pyrrole nitrogens is 1. The van der Waals surface area contributed by atoms with Crippen LogP contribution in [0.15, 0.2) is 83.7 Å². The van der Waals surface area contributed by atoms with Gasteiger partial charge >= 0.3 is 0 Å². The Morgan fingerprint density at radius 3 is 2.26 bits per heavy atom. The van der Waals surface area contributed by atoms with Crippen molar-refractivity contribution in [3.05, 3.63) is 106 Å². The summed E-state index contributed by atoms with van der Waals surface area (Å²) in [5.74, 6) is 1.33. The lowest BCUT2D eigenvalue weighted by Crippen LogP contribution is -2.34. The predicted molar refractivity (Wildman–Crippen MR) is 138 cm³/mol. The van der Waals surface area contributed by atoms with Crippen molar-refractivity contribution < 1.29 is 14.3 Å². The van der Waals surface area contributed by atoms with Crippen LogP contribution in [0.25, 0.3) is 10.9 Å². The number of amides is 1. The van der Waals surface area contributed by atoms with Crippen LogP contribution < -0.4 is 15.0 Å². The molecule has 1 amide bonds. The van der Waals surface area contributed by atoms with E-state index in [1.165, 1.54) is 0 Å². The van der Waals surface area contributed by atoms with Crippen molar-refractivity contribution >= 4 is 16.8 Å². The molecule has 6 nitrogen and oxygen atoms in total. The van der Waals surface area contributed by atoms with Crippen molar-refractivity contribution in [1.29, 1.82) is 0 Å². The lowest BCUT2D eigenvalue weighted by atomic mass is 10.1. The number of hydrogen-bond acceptors (Lipinski definition) is 4. The third-order valence-electron chi connectivity index (χ3n) is 5.78. The zero-order valence-corrected chi connectivity index (χ0v) is 20.1. The number of carbonyl (C=O) groups excluding carboxylic acids is 1. The molecule has 0 spiro atoms. The number of hydrogen-bond donors (Lipinski definition) is 1. The summed E-state index contributed by atoms with van der Waals surface area (Å²) in [6, 6.07) is 24.6. The number of nitrogens with one attached hydrogen (secondary N) is 1. The standard InChI is InChI=1S/C29H30N2O4/c1-3-34-25-12-10-22(11-13-25)29(33)31(17-16-21-8-6-5-7-9-21)20-24-18-23-19-26(35-4-2)14-15-27(23)30-28(24)32/h5-15,18-19H,3-4,16-17,20H2,1-2H3,(H,30,32). The van der Waals surface area contributed by atoms with E-state index >= 15 is 0 Å². The summed E-state index contributed by atoms with van der Waals surface area (Å²) >= 11 is 0. The fourth-order valence-corrected chi connectivity index (χ4v) is 4.01. The minimum atomic E-state index is -0.203. The van der Waals surface area contributed by atoms with Crippen molar-refractivity contribution in [2.75, 3.05) is 19.8 Å². The van der Waals surface area contributed by atoms with Crippen molar-refractivity contribution in [1.82, 2.24) is 9.88 Å². The maximum atomic E-state index is 13.5. The molecule has 4 rings (SSSR count). The van der Waals surface area contributed by atoms with Crippen LogP contribution in [0.3, 0.4) is 0 Å². The monoisotopic (exact) mass is 470 g/mol. The van der Waals surface area contributed by atoms with Gasteiger partial charge in [0.15, 0.2) is 0 Å². The molecule has 6 heteroatoms. The molecular weight excluding hydrogens is 440 g/mol. The number of aromatic nitrogens is 1. The molecule has 0 saturated heterocycles. The molecule has 0 aliphatic carbocycles. The highest BCUT2D eigenvalue weighted by Crippen LogP contribution is 2.21. The topological polar surface area (TPSA) is 71.6 Å². The Balaban J connectivity index is 1.63. The highest BCUT2D eigenvalue weighted by Gasteiger charge is 2.18. The first kappa shape index (κ1) is 24.1. The molecule has 1 heterocycles. The molecule has 1 aromatic heterocycles. The van der Waals surface area contributed by atoms with Gasteiger partial charge in [0.05, 0.1) is 19.8 Å². The minimum Gasteiger partial charge on any atom is -0.494 e. The Bertz CT molecular complexity index is 1330. The Morgan fingerprint density at radius 2 is 1.54 bits per heavy atom. The van der Waals surface area contributed by atoms with Gasteiger partial charge in [-0.1, -0.05) is 30.3 Å². The van der Waals surface area contributed by atoms with Gasteiger partial charge in [0, 0.05) is 28.6 Å². The molecule has 0 fully saturated rings. The fourth-order valence-electron chi connectivity index (χ4n) is 4.01. The third kappa shape index (κ3) is 6.09. The van der Waals surface area contributed by atoms with Crippen molar-refractivity contribution in [2.24, 2.45) is 0 Å². The average Bonchev–Trinajstić information content (AvgIpc) is 2.88. The Labute approximate surface area is 205 Å². The lowest BCUT2D eigenvalue weighted by molar-refractivity contribution is 0.0744. The smallest absolute Gasteiger partial charge is 0.254 e. The molecule has 0 saturated carbocycles. The average molecular weight is 471 g/mol. The molecule has 0 atom stereocenters. The van der Waals surface area contributed by atoms with Gasteiger partial charge in [0.25, 0.3) is 11.5 Å². The third-order valence-corrected chi connectivity index (χ3v) is 5.78. The quantitative estimate of drug-likeness (QED) is 0.345. The van der Waals surface area contributed by atoms with Crippen molar-refractivity contribution in [3.63, 3.8) is 0 Å². The van der Waals surface area contributed by atoms with E-state index in [-0.39, 0.29) is 18.0 Å². The van der Waals surface area contributed by atoms with E-state index in [1.54, 1.807) is 29.2 Å². The number of rotatable bonds is 10. The first-order valence-corrected chi connectivity index (χ1v) is 11.9. The van der Waals surface area contributed by atoms with Crippen LogP contribution in [0.5, 0.6) is 11.5 Å². The number of carbonyl (C=O) groups is 1. The van der Waals surface area contributed by atoms with E-state index in [4.69, 9.17) is 9.47 Å². The summed E-state index contributed by atoms with van der Waals surface area (Å²) in [5.41, 5.74) is 2.74. The highest BCUT2D eigenvalue weighted by atomic mass is 16.5. The molecule has 0 aliphatic rings. The SMILES string of the molecule is CCOc1ccc(C(=O)N(CCc2ccccc2)Cc2cc3cc(OCC)ccc3[nH]c2=O)cc1. The second-order valence-electron chi connectivity index (χ2n) is 8.23. The largest absolute Gasteiger partial charge is 0.494 e. The molecule has 4 aromatic rings. The molecule has 0 unspecified atom stereocenters. The number of benzene rings is 3. The van der Waals surface area contributed by atoms with Crippen LogP contribution in [0, 0.1) is 0 Å². The molecule has 0 aliphatic heterocycles. The van der Waals surface area contributed by atoms with Gasteiger partial charge in [-0.25, -0.2) is 0 Å². The molecule has 3 aromatic carbocycles. The summed E-state index contributed by atoms with van der Waals surface area (Å²) in [5, 5.41) is 0.863. The Hall–Kier alpha value is -4.06. The second-order valence-corrected chi connectivity index (χ2v) is 8.23. The first-order valence-electron chi connectivity index (χ1n) is 11.9. The number of pyridine rings is 1. The molecular formula is C29H30N2O4. The maximum Gasteiger partial charge on any atom is 0.254 e. The van der Waals surface area contributed by atoms with Gasteiger partial charge in [-0.15, -0.1) is 0 Å². The lowest BCUT2D eigenvalue weighted by Gasteiger charge is -2.23. The van der Waals surface area contributed by atoms with E-state index in [0.717, 1.165) is 28.0 Å². The van der Waals surface area contributed by atoms with Crippen LogP contribution in [-0.2, 0) is 13.0 Å². The maximum absolute atomic E-state index is 13.5. The van der Waals surface area contributed by atoms with Gasteiger partial charge in [-0.3, -0.25) is 9.59 Å². The van der Waals surface area contributed by atoms with E-state index < -0.39 is 0 Å². The van der Waals surface area contributed by atoms with Crippen LogP contribution in [0.2, 0.25) is 0 Å². The number of aromatic amines is 1. The Kier molecular flexibility index (Phi) is 7.83. The van der Waals surface area contributed by atoms with Crippen LogP contribution in [0.4, 0.5) is 0 Å². The van der Waals surface area contributed by atoms with Gasteiger partial charge < -0.3 is 19.4 Å². The minimum absolute atomic E-state index is 0.133. The number of fused-ring (bicyclic) bond motifs is 1. The highest BCUT2D eigenvalue weighted by molar-refractivity contribution is 5.94. The van der Waals surface area contributed by atoms with Crippen molar-refractivity contribution in [3.8, 4) is 11.5 Å². The molecule has 180 valence electrons. The molecule has 0 bridgehead atoms. The van der Waals surface area contributed by atoms with E-state index in [9.17, 15) is 9.59 Å². The van der Waals surface area contributed by atoms with Gasteiger partial charge in [-0.2, -0.15) is 0 Å². The predicted octanol–water partition coefficient (Wildman–Crippen LogP) is 5.21. The molecule has 1 N–H and O–H groups in total.